The molecule has 0 bridgehead atoms. The van der Waals surface area contributed by atoms with Gasteiger partial charge in [0.25, 0.3) is 0 Å². The normalized spacial score (nSPS) is 28.4. The van der Waals surface area contributed by atoms with Crippen molar-refractivity contribution in [2.45, 2.75) is 152 Å². The van der Waals surface area contributed by atoms with Crippen LogP contribution in [0, 0.1) is 22.7 Å². The van der Waals surface area contributed by atoms with Gasteiger partial charge in [-0.2, -0.15) is 0 Å². The van der Waals surface area contributed by atoms with Crippen molar-refractivity contribution in [1.29, 1.82) is 0 Å². The zero-order chi connectivity index (χ0) is 55.8. The van der Waals surface area contributed by atoms with Crippen LogP contribution < -0.4 is 42.5 Å². The summed E-state index contributed by atoms with van der Waals surface area (Å²) in [5, 5.41) is 23.9. The molecule has 3 aromatic carbocycles. The van der Waals surface area contributed by atoms with Crippen LogP contribution in [0.3, 0.4) is 0 Å². The minimum Gasteiger partial charge on any atom is -0.352 e. The van der Waals surface area contributed by atoms with Crippen molar-refractivity contribution in [2.75, 3.05) is 25.6 Å². The second kappa shape index (κ2) is 23.4. The van der Waals surface area contributed by atoms with Crippen molar-refractivity contribution in [3.63, 3.8) is 0 Å². The van der Waals surface area contributed by atoms with E-state index >= 15 is 0 Å². The molecule has 4 heterocycles. The number of likely N-dealkylation sites (N-methyl/N-ethyl adjacent to an activating group) is 2. The fourth-order valence-corrected chi connectivity index (χ4v) is 15.6. The summed E-state index contributed by atoms with van der Waals surface area (Å²) in [5.41, 5.74) is 4.16. The number of benzene rings is 3. The minimum absolute atomic E-state index is 0.223. The van der Waals surface area contributed by atoms with E-state index in [9.17, 15) is 38.4 Å². The third-order valence-corrected chi connectivity index (χ3v) is 19.6. The average Bonchev–Trinajstić information content (AvgIpc) is 4.19. The van der Waals surface area contributed by atoms with Gasteiger partial charge in [-0.1, -0.05) is 100 Å². The first-order valence-corrected chi connectivity index (χ1v) is 29.5. The molecule has 12 atom stereocenters. The van der Waals surface area contributed by atoms with Gasteiger partial charge in [-0.05, 0) is 122 Å². The molecule has 9 rings (SSSR count). The summed E-state index contributed by atoms with van der Waals surface area (Å²) in [6.45, 7) is 11.9. The van der Waals surface area contributed by atoms with Crippen LogP contribution in [0.2, 0.25) is 0 Å². The summed E-state index contributed by atoms with van der Waals surface area (Å²) in [4.78, 5) is 115. The molecule has 78 heavy (non-hydrogen) atoms. The molecule has 8 N–H and O–H groups in total. The van der Waals surface area contributed by atoms with Gasteiger partial charge in [0.2, 0.25) is 47.3 Å². The quantitative estimate of drug-likeness (QED) is 0.103. The smallest absolute Gasteiger partial charge is 0.246 e. The number of fused-ring (bicyclic) bond motifs is 4. The van der Waals surface area contributed by atoms with Crippen molar-refractivity contribution >= 4 is 70.8 Å². The number of carbonyl (C=O) groups excluding carboxylic acids is 8. The Morgan fingerprint density at radius 2 is 0.923 bits per heavy atom. The lowest BCUT2D eigenvalue weighted by molar-refractivity contribution is -0.144. The van der Waals surface area contributed by atoms with E-state index in [2.05, 4.69) is 42.5 Å². The molecule has 0 radical (unpaired) electrons. The van der Waals surface area contributed by atoms with Crippen LogP contribution in [0.15, 0.2) is 72.8 Å². The maximum absolute atomic E-state index is 14.7. The molecule has 0 spiro atoms. The summed E-state index contributed by atoms with van der Waals surface area (Å²) in [6, 6.07) is 17.6. The van der Waals surface area contributed by atoms with Crippen LogP contribution in [0.4, 0.5) is 0 Å². The monoisotopic (exact) mass is 1100 g/mol. The highest BCUT2D eigenvalue weighted by Crippen LogP contribution is 2.49. The Hall–Kier alpha value is -5.96. The number of hydrogen-bond donors (Lipinski definition) is 8. The fourth-order valence-electron chi connectivity index (χ4n) is 12.5. The molecule has 3 aromatic rings. The molecule has 20 heteroatoms. The Morgan fingerprint density at radius 1 is 0.551 bits per heavy atom. The lowest BCUT2D eigenvalue weighted by atomic mass is 9.83. The van der Waals surface area contributed by atoms with E-state index in [0.717, 1.165) is 33.4 Å². The van der Waals surface area contributed by atoms with Crippen LogP contribution >= 0.6 is 23.5 Å². The molecule has 8 amide bonds. The maximum atomic E-state index is 14.7. The Morgan fingerprint density at radius 3 is 1.29 bits per heavy atom. The zero-order valence-electron chi connectivity index (χ0n) is 45.9. The zero-order valence-corrected chi connectivity index (χ0v) is 47.5. The summed E-state index contributed by atoms with van der Waals surface area (Å²) >= 11 is 3.26. The molecular weight excluding hydrogens is 1030 g/mol. The summed E-state index contributed by atoms with van der Waals surface area (Å²) in [6.07, 6.45) is 2.96. The van der Waals surface area contributed by atoms with Crippen molar-refractivity contribution in [1.82, 2.24) is 52.3 Å². The number of amides is 8. The molecular formula is C58H76N10O8S2. The van der Waals surface area contributed by atoms with E-state index in [0.29, 0.717) is 50.0 Å². The Labute approximate surface area is 466 Å². The van der Waals surface area contributed by atoms with Crippen LogP contribution in [0.1, 0.15) is 113 Å². The summed E-state index contributed by atoms with van der Waals surface area (Å²) in [5.74, 6) is -2.14. The fraction of sp³-hybridized carbons (Fsp3) is 0.552. The van der Waals surface area contributed by atoms with Gasteiger partial charge in [0.15, 0.2) is 0 Å². The van der Waals surface area contributed by atoms with E-state index in [1.54, 1.807) is 61.3 Å². The molecule has 4 saturated heterocycles. The first kappa shape index (κ1) is 56.7. The number of carbonyl (C=O) groups is 8. The van der Waals surface area contributed by atoms with Gasteiger partial charge in [-0.15, -0.1) is 23.5 Å². The molecule has 418 valence electrons. The lowest BCUT2D eigenvalue weighted by Crippen LogP contribution is -2.58. The highest BCUT2D eigenvalue weighted by molar-refractivity contribution is 8.00. The summed E-state index contributed by atoms with van der Waals surface area (Å²) in [7, 11) is 3.37. The standard InChI is InChI=1S/C58H76N10O8S2/c1-31(59-7)49(69)63-41-21-23-77-43-27-57(3,4)47(67(43)55(41)75)53(73)65-45-37-15-11-9-13-35(37)25-39(45)51(71)61-29-33-17-19-34(20-18-33)30-62-52(72)40-26-36-14-10-12-16-38(36)46(40)66-54(74)48-58(5,6)28-44-68(48)56(76)42(22-24-78-44)64-50(70)32(2)60-8/h9-20,31-32,39-48,59-60H,21-30H2,1-8H3,(H,61,71)(H,62,72)(H,63,69)(H,64,70)(H,65,73)(H,66,74)/t31-,32-,39+,40+,41-,42-,43-,44-,45-,46-,47+,48+/m0/s1. The van der Waals surface area contributed by atoms with Crippen molar-refractivity contribution < 1.29 is 38.4 Å². The molecule has 0 aromatic heterocycles. The first-order chi connectivity index (χ1) is 37.2. The highest BCUT2D eigenvalue weighted by Gasteiger charge is 2.57. The van der Waals surface area contributed by atoms with Gasteiger partial charge >= 0.3 is 0 Å². The number of nitrogens with one attached hydrogen (secondary N) is 8. The second-order valence-electron chi connectivity index (χ2n) is 23.3. The van der Waals surface area contributed by atoms with E-state index < -0.39 is 71.0 Å². The molecule has 18 nitrogen and oxygen atoms in total. The van der Waals surface area contributed by atoms with Gasteiger partial charge in [0, 0.05) is 13.1 Å². The maximum Gasteiger partial charge on any atom is 0.246 e. The van der Waals surface area contributed by atoms with Crippen molar-refractivity contribution in [2.24, 2.45) is 22.7 Å². The molecule has 4 aliphatic heterocycles. The van der Waals surface area contributed by atoms with E-state index in [1.165, 1.54) is 0 Å². The predicted molar refractivity (Wildman–Crippen MR) is 300 cm³/mol. The number of nitrogens with zero attached hydrogens (tertiary/aromatic N) is 2. The van der Waals surface area contributed by atoms with Gasteiger partial charge in [0.1, 0.15) is 24.2 Å². The topological polar surface area (TPSA) is 239 Å². The average molecular weight is 1110 g/mol. The highest BCUT2D eigenvalue weighted by atomic mass is 32.2. The predicted octanol–water partition coefficient (Wildman–Crippen LogP) is 3.34. The van der Waals surface area contributed by atoms with Gasteiger partial charge in [0.05, 0.1) is 46.8 Å². The largest absolute Gasteiger partial charge is 0.352 e. The second-order valence-corrected chi connectivity index (χ2v) is 25.9. The molecule has 0 saturated carbocycles. The first-order valence-electron chi connectivity index (χ1n) is 27.4. The Kier molecular flexibility index (Phi) is 17.0. The third-order valence-electron chi connectivity index (χ3n) is 17.1. The molecule has 0 unspecified atom stereocenters. The molecule has 4 fully saturated rings. The number of hydrogen-bond acceptors (Lipinski definition) is 12. The van der Waals surface area contributed by atoms with E-state index in [-0.39, 0.29) is 71.1 Å². The van der Waals surface area contributed by atoms with Crippen molar-refractivity contribution in [3.8, 4) is 0 Å². The molecule has 6 aliphatic rings. The minimum atomic E-state index is -0.822. The van der Waals surface area contributed by atoms with Gasteiger partial charge in [-0.3, -0.25) is 38.4 Å². The van der Waals surface area contributed by atoms with Crippen molar-refractivity contribution in [3.05, 3.63) is 106 Å². The molecule has 2 aliphatic carbocycles. The van der Waals surface area contributed by atoms with Gasteiger partial charge in [-0.25, -0.2) is 0 Å². The Bertz CT molecular complexity index is 2630. The van der Waals surface area contributed by atoms with Gasteiger partial charge < -0.3 is 52.3 Å². The number of thioether (sulfide) groups is 2. The third kappa shape index (κ3) is 11.5. The van der Waals surface area contributed by atoms with Crippen LogP contribution in [-0.4, -0.2) is 130 Å². The van der Waals surface area contributed by atoms with Crippen LogP contribution in [-0.2, 0) is 64.3 Å². The van der Waals surface area contributed by atoms with Crippen LogP contribution in [0.5, 0.6) is 0 Å². The lowest BCUT2D eigenvalue weighted by Gasteiger charge is -2.35. The van der Waals surface area contributed by atoms with Crippen LogP contribution in [0.25, 0.3) is 0 Å². The van der Waals surface area contributed by atoms with E-state index in [4.69, 9.17) is 0 Å². The SMILES string of the molecule is CN[C@@H](C)C(=O)N[C@H]1CCS[C@H]2CC(C)(C)[C@@H](C(=O)N[C@H]3c4ccccc4C[C@H]3C(=O)NCc3ccc(CNC(=O)[C@@H]4Cc5ccccc5[C@@H]4NC(=O)[C@H]4N5C(=O)[C@@H](NC(=O)[C@H](C)NC)CCS[C@H]5CC4(C)C)cc3)N2C1=O. The summed E-state index contributed by atoms with van der Waals surface area (Å²) < 4.78 is 0. The number of rotatable bonds is 16. The Balaban J connectivity index is 0.823. The van der Waals surface area contributed by atoms with E-state index in [1.807, 2.05) is 100 Å².